The second-order valence-corrected chi connectivity index (χ2v) is 7.49. The molecule has 29 heavy (non-hydrogen) atoms. The number of imidazole rings is 1. The number of thioether (sulfide) groups is 1. The lowest BCUT2D eigenvalue weighted by Crippen LogP contribution is -2.99. The third kappa shape index (κ3) is 3.84. The van der Waals surface area contributed by atoms with Crippen LogP contribution in [0.3, 0.4) is 0 Å². The summed E-state index contributed by atoms with van der Waals surface area (Å²) in [7, 11) is 0. The highest BCUT2D eigenvalue weighted by atomic mass is 32.2. The Hall–Kier alpha value is -2.16. The highest BCUT2D eigenvalue weighted by Gasteiger charge is 2.44. The van der Waals surface area contributed by atoms with Crippen molar-refractivity contribution in [2.45, 2.75) is 35.3 Å². The highest BCUT2D eigenvalue weighted by Crippen LogP contribution is 2.33. The largest absolute Gasteiger partial charge is 0.595 e. The molecule has 0 radical (unpaired) electrons. The van der Waals surface area contributed by atoms with Crippen LogP contribution in [0.5, 0.6) is 0 Å². The second-order valence-electron chi connectivity index (χ2n) is 6.52. The van der Waals surface area contributed by atoms with Crippen molar-refractivity contribution in [3.63, 3.8) is 0 Å². The van der Waals surface area contributed by atoms with E-state index in [1.54, 1.807) is 24.3 Å². The van der Waals surface area contributed by atoms with E-state index in [2.05, 4.69) is 15.0 Å². The van der Waals surface area contributed by atoms with E-state index in [1.165, 1.54) is 29.0 Å². The van der Waals surface area contributed by atoms with Crippen LogP contribution in [0.4, 0.5) is 5.69 Å². The first kappa shape index (κ1) is 20.1. The van der Waals surface area contributed by atoms with Crippen LogP contribution in [-0.4, -0.2) is 65.0 Å². The predicted octanol–water partition coefficient (Wildman–Crippen LogP) is -0.867. The minimum atomic E-state index is -1.23. The average Bonchev–Trinajstić information content (AvgIpc) is 3.28. The van der Waals surface area contributed by atoms with Gasteiger partial charge < -0.3 is 25.3 Å². The first-order chi connectivity index (χ1) is 14.0. The number of nitrogens with one attached hydrogen (secondary N) is 1. The summed E-state index contributed by atoms with van der Waals surface area (Å²) in [6.45, 7) is -0.419. The minimum Gasteiger partial charge on any atom is -0.595 e. The topological polar surface area (TPSA) is 161 Å². The van der Waals surface area contributed by atoms with E-state index in [1.807, 2.05) is 0 Å². The van der Waals surface area contributed by atoms with Gasteiger partial charge in [-0.3, -0.25) is 4.57 Å². The predicted molar refractivity (Wildman–Crippen MR) is 100 cm³/mol. The van der Waals surface area contributed by atoms with Crippen molar-refractivity contribution in [2.24, 2.45) is 0 Å². The molecule has 0 bridgehead atoms. The van der Waals surface area contributed by atoms with Crippen LogP contribution in [0.25, 0.3) is 11.2 Å². The molecule has 1 aliphatic heterocycles. The number of aliphatic hydroxyl groups is 3. The molecule has 12 heteroatoms. The van der Waals surface area contributed by atoms with Gasteiger partial charge in [0.2, 0.25) is 0 Å². The number of aliphatic hydroxyl groups excluding tert-OH is 3. The molecule has 5 N–H and O–H groups in total. The Labute approximate surface area is 168 Å². The van der Waals surface area contributed by atoms with E-state index in [0.29, 0.717) is 21.9 Å². The molecule has 2 aromatic heterocycles. The quantitative estimate of drug-likeness (QED) is 0.192. The molecule has 0 aliphatic carbocycles. The summed E-state index contributed by atoms with van der Waals surface area (Å²) >= 11 is 1.41. The Bertz CT molecular complexity index is 984. The second kappa shape index (κ2) is 8.30. The van der Waals surface area contributed by atoms with Gasteiger partial charge in [0.15, 0.2) is 17.6 Å². The van der Waals surface area contributed by atoms with E-state index in [4.69, 9.17) is 9.94 Å². The molecule has 0 saturated carbocycles. The van der Waals surface area contributed by atoms with Crippen LogP contribution in [0.1, 0.15) is 11.8 Å². The van der Waals surface area contributed by atoms with Crippen LogP contribution in [0.15, 0.2) is 41.9 Å². The SMILES string of the molecule is [O-][NH+](O)c1ccc(CSc2ncnc3c2ncn3[C@H]2O[C@@H](CO)[C@H](O)[C@@H]2O)cc1. The van der Waals surface area contributed by atoms with E-state index >= 15 is 0 Å². The minimum absolute atomic E-state index is 0.223. The zero-order chi connectivity index (χ0) is 20.5. The van der Waals surface area contributed by atoms with E-state index in [0.717, 1.165) is 5.56 Å². The Kier molecular flexibility index (Phi) is 5.76. The fourth-order valence-corrected chi connectivity index (χ4v) is 4.03. The molecule has 11 nitrogen and oxygen atoms in total. The van der Waals surface area contributed by atoms with Crippen molar-refractivity contribution >= 4 is 28.6 Å². The Morgan fingerprint density at radius 3 is 2.55 bits per heavy atom. The maximum Gasteiger partial charge on any atom is 0.166 e. The van der Waals surface area contributed by atoms with Crippen LogP contribution >= 0.6 is 11.8 Å². The Balaban J connectivity index is 1.55. The van der Waals surface area contributed by atoms with E-state index < -0.39 is 36.4 Å². The maximum atomic E-state index is 10.9. The Morgan fingerprint density at radius 1 is 1.14 bits per heavy atom. The number of ether oxygens (including phenoxy) is 1. The summed E-state index contributed by atoms with van der Waals surface area (Å²) < 4.78 is 7.05. The molecule has 1 unspecified atom stereocenters. The van der Waals surface area contributed by atoms with Crippen LogP contribution in [-0.2, 0) is 10.5 Å². The molecule has 154 valence electrons. The number of benzene rings is 1. The zero-order valence-electron chi connectivity index (χ0n) is 15.0. The monoisotopic (exact) mass is 421 g/mol. The molecule has 1 saturated heterocycles. The van der Waals surface area contributed by atoms with Crippen molar-refractivity contribution in [3.8, 4) is 0 Å². The molecule has 1 aliphatic rings. The summed E-state index contributed by atoms with van der Waals surface area (Å²) in [5.41, 5.74) is 2.09. The van der Waals surface area contributed by atoms with Crippen LogP contribution in [0, 0.1) is 5.21 Å². The molecule has 3 aromatic rings. The van der Waals surface area contributed by atoms with Crippen molar-refractivity contribution in [1.82, 2.24) is 19.5 Å². The molecule has 4 rings (SSSR count). The molecule has 0 spiro atoms. The van der Waals surface area contributed by atoms with Crippen molar-refractivity contribution in [3.05, 3.63) is 47.7 Å². The van der Waals surface area contributed by atoms with Gasteiger partial charge in [0.05, 0.1) is 12.9 Å². The smallest absolute Gasteiger partial charge is 0.166 e. The fourth-order valence-electron chi connectivity index (χ4n) is 3.13. The molecule has 3 heterocycles. The van der Waals surface area contributed by atoms with Crippen LogP contribution in [0.2, 0.25) is 0 Å². The molecule has 1 aromatic carbocycles. The number of hydrogen-bond acceptors (Lipinski definition) is 10. The van der Waals surface area contributed by atoms with Gasteiger partial charge >= 0.3 is 0 Å². The highest BCUT2D eigenvalue weighted by molar-refractivity contribution is 7.98. The van der Waals surface area contributed by atoms with Crippen LogP contribution < -0.4 is 5.23 Å². The summed E-state index contributed by atoms with van der Waals surface area (Å²) in [6, 6.07) is 6.58. The van der Waals surface area contributed by atoms with Gasteiger partial charge in [-0.15, -0.1) is 0 Å². The van der Waals surface area contributed by atoms with Gasteiger partial charge in [0.25, 0.3) is 0 Å². The summed E-state index contributed by atoms with van der Waals surface area (Å²) in [4.78, 5) is 12.8. The fraction of sp³-hybridized carbons (Fsp3) is 0.353. The lowest BCUT2D eigenvalue weighted by Gasteiger charge is -2.16. The first-order valence-electron chi connectivity index (χ1n) is 8.74. The van der Waals surface area contributed by atoms with E-state index in [-0.39, 0.29) is 5.69 Å². The number of hydrogen-bond donors (Lipinski definition) is 5. The van der Waals surface area contributed by atoms with Gasteiger partial charge in [-0.25, -0.2) is 20.2 Å². The summed E-state index contributed by atoms with van der Waals surface area (Å²) in [5, 5.41) is 49.0. The van der Waals surface area contributed by atoms with Crippen molar-refractivity contribution < 1.29 is 30.5 Å². The van der Waals surface area contributed by atoms with Gasteiger partial charge in [-0.1, -0.05) is 23.9 Å². The Morgan fingerprint density at radius 2 is 1.90 bits per heavy atom. The summed E-state index contributed by atoms with van der Waals surface area (Å²) in [5.74, 6) is 0.548. The number of nitrogens with zero attached hydrogens (tertiary/aromatic N) is 4. The standard InChI is InChI=1S/C17H19N5O6S/c23-5-11-13(24)14(25)17(28-11)21-8-20-12-15(21)18-7-19-16(12)29-6-9-1-3-10(4-2-9)22(26)27/h1-4,7-8,11,13-14,17,22-26H,5-6H2/t11-,13-,14-,17-/m0/s1. The number of aromatic nitrogens is 4. The van der Waals surface area contributed by atoms with Gasteiger partial charge in [-0.2, -0.15) is 5.23 Å². The lowest BCUT2D eigenvalue weighted by atomic mass is 10.1. The van der Waals surface area contributed by atoms with Crippen molar-refractivity contribution in [2.75, 3.05) is 6.61 Å². The third-order valence-electron chi connectivity index (χ3n) is 4.69. The first-order valence-corrected chi connectivity index (χ1v) is 9.73. The number of quaternary nitrogens is 1. The normalized spacial score (nSPS) is 25.6. The van der Waals surface area contributed by atoms with Gasteiger partial charge in [-0.05, 0) is 5.56 Å². The third-order valence-corrected chi connectivity index (χ3v) is 5.74. The molecule has 5 atom stereocenters. The summed E-state index contributed by atoms with van der Waals surface area (Å²) in [6.07, 6.45) is -1.45. The molecule has 1 fully saturated rings. The van der Waals surface area contributed by atoms with Gasteiger partial charge in [0.1, 0.15) is 35.2 Å². The number of rotatable bonds is 6. The molecule has 0 amide bonds. The lowest BCUT2D eigenvalue weighted by molar-refractivity contribution is -0.991. The zero-order valence-corrected chi connectivity index (χ0v) is 15.8. The molecular weight excluding hydrogens is 402 g/mol. The average molecular weight is 421 g/mol. The molecular formula is C17H19N5O6S. The maximum absolute atomic E-state index is 10.9. The van der Waals surface area contributed by atoms with Gasteiger partial charge in [0, 0.05) is 17.9 Å². The van der Waals surface area contributed by atoms with Crippen molar-refractivity contribution in [1.29, 1.82) is 0 Å². The van der Waals surface area contributed by atoms with E-state index in [9.17, 15) is 20.5 Å². The number of fused-ring (bicyclic) bond motifs is 1.